The summed E-state index contributed by atoms with van der Waals surface area (Å²) in [6.45, 7) is 6.08. The summed E-state index contributed by atoms with van der Waals surface area (Å²) in [4.78, 5) is 15.2. The molecule has 210 valence electrons. The van der Waals surface area contributed by atoms with Crippen molar-refractivity contribution in [2.24, 2.45) is 13.0 Å². The Labute approximate surface area is 236 Å². The van der Waals surface area contributed by atoms with Crippen molar-refractivity contribution in [3.8, 4) is 17.1 Å². The molecule has 3 saturated heterocycles. The molecule has 0 amide bonds. The normalized spacial score (nSPS) is 26.3. The Morgan fingerprint density at radius 3 is 2.45 bits per heavy atom. The van der Waals surface area contributed by atoms with E-state index in [0.717, 1.165) is 40.9 Å². The molecule has 2 unspecified atom stereocenters. The average molecular weight is 540 g/mol. The van der Waals surface area contributed by atoms with Gasteiger partial charge in [-0.05, 0) is 106 Å². The molecule has 6 heterocycles. The number of nitrogens with zero attached hydrogens (tertiary/aromatic N) is 7. The summed E-state index contributed by atoms with van der Waals surface area (Å²) in [6.07, 6.45) is 14.7. The van der Waals surface area contributed by atoms with Gasteiger partial charge in [0.15, 0.2) is 11.4 Å². The number of piperidine rings is 2. The molecule has 4 aromatic rings. The van der Waals surface area contributed by atoms with E-state index in [1.165, 1.54) is 87.6 Å². The lowest BCUT2D eigenvalue weighted by Gasteiger charge is -2.45. The first kappa shape index (κ1) is 24.8. The average Bonchev–Trinajstić information content (AvgIpc) is 3.48. The van der Waals surface area contributed by atoms with Crippen LogP contribution in [0.2, 0.25) is 0 Å². The second-order valence-corrected chi connectivity index (χ2v) is 13.0. The predicted octanol–water partition coefficient (Wildman–Crippen LogP) is 5.18. The molecular weight excluding hydrogens is 498 g/mol. The van der Waals surface area contributed by atoms with Crippen LogP contribution in [-0.2, 0) is 7.05 Å². The lowest BCUT2D eigenvalue weighted by Crippen LogP contribution is -2.52. The molecule has 2 bridgehead atoms. The fourth-order valence-corrected chi connectivity index (χ4v) is 8.18. The van der Waals surface area contributed by atoms with Gasteiger partial charge in [0.25, 0.3) is 0 Å². The third-order valence-corrected chi connectivity index (χ3v) is 10.6. The summed E-state index contributed by atoms with van der Waals surface area (Å²) in [5, 5.41) is 4.34. The smallest absolute Gasteiger partial charge is 0.197 e. The van der Waals surface area contributed by atoms with Gasteiger partial charge >= 0.3 is 0 Å². The number of methoxy groups -OCH3 is 1. The fraction of sp³-hybridized carbons (Fsp3) is 0.594. The maximum absolute atomic E-state index is 5.61. The van der Waals surface area contributed by atoms with Crippen molar-refractivity contribution in [1.29, 1.82) is 0 Å². The number of hydrogen-bond donors (Lipinski definition) is 0. The first-order valence-corrected chi connectivity index (χ1v) is 15.4. The second kappa shape index (κ2) is 9.55. The summed E-state index contributed by atoms with van der Waals surface area (Å²) >= 11 is 0. The molecule has 8 nitrogen and oxygen atoms in total. The molecule has 1 saturated carbocycles. The minimum atomic E-state index is 0.621. The van der Waals surface area contributed by atoms with Crippen molar-refractivity contribution in [3.63, 3.8) is 0 Å². The van der Waals surface area contributed by atoms with E-state index in [1.54, 1.807) is 18.0 Å². The summed E-state index contributed by atoms with van der Waals surface area (Å²) in [5.41, 5.74) is 6.69. The number of hydrogen-bond acceptors (Lipinski definition) is 6. The molecule has 8 heteroatoms. The summed E-state index contributed by atoms with van der Waals surface area (Å²) in [5.74, 6) is 3.26. The first-order chi connectivity index (χ1) is 19.6. The molecule has 4 fully saturated rings. The highest BCUT2D eigenvalue weighted by molar-refractivity contribution is 5.84. The van der Waals surface area contributed by atoms with Gasteiger partial charge in [-0.15, -0.1) is 0 Å². The van der Waals surface area contributed by atoms with Crippen molar-refractivity contribution in [3.05, 3.63) is 41.9 Å². The molecule has 40 heavy (non-hydrogen) atoms. The van der Waals surface area contributed by atoms with E-state index in [9.17, 15) is 0 Å². The number of aryl methyl sites for hydroxylation is 2. The Morgan fingerprint density at radius 2 is 1.73 bits per heavy atom. The zero-order valence-corrected chi connectivity index (χ0v) is 24.1. The Hall–Kier alpha value is -2.97. The minimum Gasteiger partial charge on any atom is -0.493 e. The van der Waals surface area contributed by atoms with Gasteiger partial charge in [0.1, 0.15) is 12.2 Å². The van der Waals surface area contributed by atoms with E-state index in [-0.39, 0.29) is 0 Å². The van der Waals surface area contributed by atoms with Gasteiger partial charge in [-0.3, -0.25) is 4.90 Å². The van der Waals surface area contributed by atoms with Crippen LogP contribution in [0.15, 0.2) is 30.7 Å². The molecule has 0 radical (unpaired) electrons. The molecule has 3 aliphatic heterocycles. The van der Waals surface area contributed by atoms with Crippen LogP contribution in [0.25, 0.3) is 28.1 Å². The first-order valence-electron chi connectivity index (χ1n) is 15.4. The molecule has 0 spiro atoms. The highest BCUT2D eigenvalue weighted by Gasteiger charge is 2.44. The lowest BCUT2D eigenvalue weighted by molar-refractivity contribution is 0.0438. The van der Waals surface area contributed by atoms with E-state index in [2.05, 4.69) is 50.6 Å². The number of imidazole rings is 1. The topological polar surface area (TPSA) is 63.7 Å². The van der Waals surface area contributed by atoms with Crippen molar-refractivity contribution >= 4 is 16.7 Å². The minimum absolute atomic E-state index is 0.621. The van der Waals surface area contributed by atoms with Crippen molar-refractivity contribution in [2.45, 2.75) is 82.3 Å². The van der Waals surface area contributed by atoms with E-state index in [1.807, 2.05) is 12.3 Å². The molecule has 4 aliphatic rings. The third kappa shape index (κ3) is 4.14. The van der Waals surface area contributed by atoms with Crippen molar-refractivity contribution < 1.29 is 4.74 Å². The van der Waals surface area contributed by atoms with Crippen LogP contribution >= 0.6 is 0 Å². The summed E-state index contributed by atoms with van der Waals surface area (Å²) < 4.78 is 9.60. The van der Waals surface area contributed by atoms with Crippen molar-refractivity contribution in [2.75, 3.05) is 26.7 Å². The molecule has 1 aromatic carbocycles. The Kier molecular flexibility index (Phi) is 5.92. The quantitative estimate of drug-likeness (QED) is 0.336. The van der Waals surface area contributed by atoms with Crippen LogP contribution in [0, 0.1) is 12.8 Å². The number of aromatic nitrogens is 5. The van der Waals surface area contributed by atoms with Gasteiger partial charge in [0.2, 0.25) is 0 Å². The number of ether oxygens (including phenoxy) is 1. The third-order valence-electron chi connectivity index (χ3n) is 10.6. The largest absolute Gasteiger partial charge is 0.493 e. The zero-order valence-electron chi connectivity index (χ0n) is 24.1. The highest BCUT2D eigenvalue weighted by atomic mass is 16.5. The van der Waals surface area contributed by atoms with Crippen LogP contribution in [0.5, 0.6) is 5.75 Å². The summed E-state index contributed by atoms with van der Waals surface area (Å²) in [7, 11) is 3.80. The number of rotatable bonds is 6. The number of pyridine rings is 1. The van der Waals surface area contributed by atoms with Crippen LogP contribution in [0.3, 0.4) is 0 Å². The molecule has 3 aromatic heterocycles. The SMILES string of the molecule is COc1cc(-c2nc3c(C)cc(C4CCN(C5CC6CCC(C5)N6CC5CC5)CC4)cc3n2C)cn2ncnc12. The highest BCUT2D eigenvalue weighted by Crippen LogP contribution is 2.42. The van der Waals surface area contributed by atoms with Gasteiger partial charge in [-0.2, -0.15) is 5.10 Å². The molecule has 2 atom stereocenters. The molecule has 1 aliphatic carbocycles. The Balaban J connectivity index is 1.00. The van der Waals surface area contributed by atoms with E-state index >= 15 is 0 Å². The Bertz CT molecular complexity index is 1550. The maximum Gasteiger partial charge on any atom is 0.197 e. The van der Waals surface area contributed by atoms with Gasteiger partial charge in [0, 0.05) is 43.5 Å². The van der Waals surface area contributed by atoms with Crippen LogP contribution in [0.1, 0.15) is 68.4 Å². The second-order valence-electron chi connectivity index (χ2n) is 13.0. The number of likely N-dealkylation sites (tertiary alicyclic amines) is 1. The molecular formula is C32H41N7O. The standard InChI is InChI=1S/C32H41N7O/c1-20-12-23(13-28-30(20)35-31(36(28)2)24-14-29(40-3)32-33-19-34-39(32)18-24)22-8-10-37(11-9-22)27-15-25-6-7-26(16-27)38(25)17-21-4-5-21/h12-14,18-19,21-22,25-27H,4-11,15-17H2,1-3H3. The maximum atomic E-state index is 5.61. The Morgan fingerprint density at radius 1 is 0.950 bits per heavy atom. The number of fused-ring (bicyclic) bond motifs is 4. The summed E-state index contributed by atoms with van der Waals surface area (Å²) in [6, 6.07) is 9.34. The van der Waals surface area contributed by atoms with Gasteiger partial charge in [-0.25, -0.2) is 14.5 Å². The van der Waals surface area contributed by atoms with Crippen LogP contribution < -0.4 is 4.74 Å². The molecule has 8 rings (SSSR count). The lowest BCUT2D eigenvalue weighted by atomic mass is 9.86. The fourth-order valence-electron chi connectivity index (χ4n) is 8.18. The monoisotopic (exact) mass is 539 g/mol. The van der Waals surface area contributed by atoms with Crippen LogP contribution in [-0.4, -0.2) is 78.8 Å². The van der Waals surface area contributed by atoms with E-state index in [0.29, 0.717) is 17.3 Å². The van der Waals surface area contributed by atoms with Gasteiger partial charge in [-0.1, -0.05) is 6.07 Å². The molecule has 0 N–H and O–H groups in total. The van der Waals surface area contributed by atoms with Crippen molar-refractivity contribution in [1.82, 2.24) is 33.9 Å². The van der Waals surface area contributed by atoms with Gasteiger partial charge < -0.3 is 14.2 Å². The number of benzene rings is 1. The van der Waals surface area contributed by atoms with Gasteiger partial charge in [0.05, 0.1) is 18.1 Å². The van der Waals surface area contributed by atoms with E-state index in [4.69, 9.17) is 9.72 Å². The van der Waals surface area contributed by atoms with E-state index < -0.39 is 0 Å². The predicted molar refractivity (Wildman–Crippen MR) is 157 cm³/mol. The zero-order chi connectivity index (χ0) is 27.0. The van der Waals surface area contributed by atoms with Crippen LogP contribution in [0.4, 0.5) is 0 Å².